The topological polar surface area (TPSA) is 63.6 Å². The molecule has 1 unspecified atom stereocenters. The van der Waals surface area contributed by atoms with Crippen molar-refractivity contribution < 1.29 is 19.4 Å². The number of carbonyl (C=O) groups excluding carboxylic acids is 2. The highest BCUT2D eigenvalue weighted by molar-refractivity contribution is 5.89. The summed E-state index contributed by atoms with van der Waals surface area (Å²) < 4.78 is 4.59. The van der Waals surface area contributed by atoms with Crippen molar-refractivity contribution in [3.05, 3.63) is 36.5 Å². The molecule has 24 heavy (non-hydrogen) atoms. The van der Waals surface area contributed by atoms with Gasteiger partial charge in [0.2, 0.25) is 0 Å². The van der Waals surface area contributed by atoms with Crippen molar-refractivity contribution >= 4 is 11.8 Å². The van der Waals surface area contributed by atoms with Gasteiger partial charge in [-0.3, -0.25) is 9.59 Å². The van der Waals surface area contributed by atoms with Crippen LogP contribution >= 0.6 is 0 Å². The summed E-state index contributed by atoms with van der Waals surface area (Å²) in [7, 11) is 1.41. The molecule has 0 heterocycles. The van der Waals surface area contributed by atoms with Crippen molar-refractivity contribution in [2.24, 2.45) is 0 Å². The van der Waals surface area contributed by atoms with E-state index < -0.39 is 6.10 Å². The predicted octanol–water partition coefficient (Wildman–Crippen LogP) is 4.29. The summed E-state index contributed by atoms with van der Waals surface area (Å²) in [6.07, 6.45) is 17.9. The van der Waals surface area contributed by atoms with Crippen LogP contribution in [0, 0.1) is 0 Å². The van der Waals surface area contributed by atoms with Crippen molar-refractivity contribution in [2.45, 2.75) is 70.8 Å². The zero-order valence-corrected chi connectivity index (χ0v) is 15.1. The Morgan fingerprint density at radius 2 is 1.50 bits per heavy atom. The number of methoxy groups -OCH3 is 1. The number of esters is 1. The number of aliphatic hydroxyl groups is 1. The van der Waals surface area contributed by atoms with Crippen LogP contribution in [0.3, 0.4) is 0 Å². The van der Waals surface area contributed by atoms with Gasteiger partial charge in [-0.15, -0.1) is 0 Å². The minimum Gasteiger partial charge on any atom is -0.469 e. The quantitative estimate of drug-likeness (QED) is 0.222. The summed E-state index contributed by atoms with van der Waals surface area (Å²) in [6, 6.07) is 0. The molecule has 0 amide bonds. The number of carbonyl (C=O) groups is 2. The van der Waals surface area contributed by atoms with E-state index in [0.29, 0.717) is 19.3 Å². The SMILES string of the molecule is CCC(O)C=CC=CC=CC(=O)CCCCCCCCC(=O)OC. The second kappa shape index (κ2) is 16.2. The molecule has 0 aliphatic heterocycles. The van der Waals surface area contributed by atoms with E-state index in [0.717, 1.165) is 38.5 Å². The average molecular weight is 336 g/mol. The third kappa shape index (κ3) is 15.2. The van der Waals surface area contributed by atoms with Crippen molar-refractivity contribution in [3.63, 3.8) is 0 Å². The van der Waals surface area contributed by atoms with E-state index in [4.69, 9.17) is 0 Å². The molecule has 4 nitrogen and oxygen atoms in total. The molecule has 0 bridgehead atoms. The fourth-order valence-electron chi connectivity index (χ4n) is 2.08. The number of hydrogen-bond donors (Lipinski definition) is 1. The Balaban J connectivity index is 3.55. The molecule has 0 saturated carbocycles. The maximum Gasteiger partial charge on any atom is 0.305 e. The highest BCUT2D eigenvalue weighted by Gasteiger charge is 2.00. The first-order chi connectivity index (χ1) is 11.6. The molecule has 0 aliphatic carbocycles. The van der Waals surface area contributed by atoms with Crippen LogP contribution in [-0.2, 0) is 14.3 Å². The van der Waals surface area contributed by atoms with Crippen LogP contribution in [0.25, 0.3) is 0 Å². The van der Waals surface area contributed by atoms with Crippen LogP contribution in [0.4, 0.5) is 0 Å². The van der Waals surface area contributed by atoms with Gasteiger partial charge in [0.1, 0.15) is 0 Å². The van der Waals surface area contributed by atoms with Gasteiger partial charge in [0.25, 0.3) is 0 Å². The Labute approximate surface area is 146 Å². The predicted molar refractivity (Wildman–Crippen MR) is 97.7 cm³/mol. The van der Waals surface area contributed by atoms with E-state index >= 15 is 0 Å². The lowest BCUT2D eigenvalue weighted by Gasteiger charge is -2.01. The van der Waals surface area contributed by atoms with Gasteiger partial charge in [-0.1, -0.05) is 63.0 Å². The first-order valence-electron chi connectivity index (χ1n) is 8.89. The third-order valence-electron chi connectivity index (χ3n) is 3.65. The van der Waals surface area contributed by atoms with E-state index in [-0.39, 0.29) is 11.8 Å². The Hall–Kier alpha value is -1.68. The zero-order valence-electron chi connectivity index (χ0n) is 15.1. The lowest BCUT2D eigenvalue weighted by molar-refractivity contribution is -0.140. The van der Waals surface area contributed by atoms with Gasteiger partial charge in [-0.25, -0.2) is 0 Å². The van der Waals surface area contributed by atoms with Gasteiger partial charge in [0.15, 0.2) is 5.78 Å². The van der Waals surface area contributed by atoms with Gasteiger partial charge < -0.3 is 9.84 Å². The highest BCUT2D eigenvalue weighted by atomic mass is 16.5. The fourth-order valence-corrected chi connectivity index (χ4v) is 2.08. The van der Waals surface area contributed by atoms with Crippen molar-refractivity contribution in [1.82, 2.24) is 0 Å². The molecule has 0 aromatic rings. The lowest BCUT2D eigenvalue weighted by Crippen LogP contribution is -1.99. The number of rotatable bonds is 14. The Bertz CT molecular complexity index is 421. The van der Waals surface area contributed by atoms with Crippen LogP contribution in [0.1, 0.15) is 64.7 Å². The van der Waals surface area contributed by atoms with E-state index in [2.05, 4.69) is 4.74 Å². The van der Waals surface area contributed by atoms with Crippen LogP contribution < -0.4 is 0 Å². The van der Waals surface area contributed by atoms with E-state index in [9.17, 15) is 14.7 Å². The monoisotopic (exact) mass is 336 g/mol. The van der Waals surface area contributed by atoms with E-state index in [1.54, 1.807) is 36.5 Å². The molecular weight excluding hydrogens is 304 g/mol. The summed E-state index contributed by atoms with van der Waals surface area (Å²) in [5.41, 5.74) is 0. The first kappa shape index (κ1) is 22.3. The molecule has 4 heteroatoms. The second-order valence-electron chi connectivity index (χ2n) is 5.77. The Morgan fingerprint density at radius 1 is 0.917 bits per heavy atom. The number of aliphatic hydroxyl groups excluding tert-OH is 1. The summed E-state index contributed by atoms with van der Waals surface area (Å²) in [5, 5.41) is 9.31. The van der Waals surface area contributed by atoms with Gasteiger partial charge >= 0.3 is 5.97 Å². The van der Waals surface area contributed by atoms with Crippen LogP contribution in [0.15, 0.2) is 36.5 Å². The maximum absolute atomic E-state index is 11.6. The smallest absolute Gasteiger partial charge is 0.305 e. The summed E-state index contributed by atoms with van der Waals surface area (Å²) in [4.78, 5) is 22.6. The maximum atomic E-state index is 11.6. The third-order valence-corrected chi connectivity index (χ3v) is 3.65. The van der Waals surface area contributed by atoms with Crippen molar-refractivity contribution in [2.75, 3.05) is 7.11 Å². The number of allylic oxidation sites excluding steroid dienone is 5. The number of hydrogen-bond acceptors (Lipinski definition) is 4. The second-order valence-corrected chi connectivity index (χ2v) is 5.77. The highest BCUT2D eigenvalue weighted by Crippen LogP contribution is 2.09. The normalized spacial score (nSPS) is 13.1. The molecular formula is C20H32O4. The molecule has 1 N–H and O–H groups in total. The van der Waals surface area contributed by atoms with Crippen LogP contribution in [0.2, 0.25) is 0 Å². The van der Waals surface area contributed by atoms with Crippen molar-refractivity contribution in [3.8, 4) is 0 Å². The molecule has 0 aliphatic rings. The standard InChI is InChI=1S/C20H32O4/c1-3-18(21)14-10-8-9-12-16-19(22)15-11-6-4-5-7-13-17-20(23)24-2/h8-10,12,14,16,18,21H,3-7,11,13,15,17H2,1-2H3. The molecule has 136 valence electrons. The molecule has 0 rings (SSSR count). The Morgan fingerprint density at radius 3 is 2.12 bits per heavy atom. The lowest BCUT2D eigenvalue weighted by atomic mass is 10.1. The van der Waals surface area contributed by atoms with Gasteiger partial charge in [0, 0.05) is 12.8 Å². The first-order valence-corrected chi connectivity index (χ1v) is 8.89. The van der Waals surface area contributed by atoms with Gasteiger partial charge in [-0.05, 0) is 25.3 Å². The summed E-state index contributed by atoms with van der Waals surface area (Å²) in [6.45, 7) is 1.92. The molecule has 0 fully saturated rings. The molecule has 0 saturated heterocycles. The van der Waals surface area contributed by atoms with Crippen LogP contribution in [-0.4, -0.2) is 30.1 Å². The molecule has 1 atom stereocenters. The Kier molecular flexibility index (Phi) is 15.1. The minimum atomic E-state index is -0.402. The van der Waals surface area contributed by atoms with Gasteiger partial charge in [0.05, 0.1) is 13.2 Å². The number of ether oxygens (including phenoxy) is 1. The minimum absolute atomic E-state index is 0.140. The summed E-state index contributed by atoms with van der Waals surface area (Å²) >= 11 is 0. The fraction of sp³-hybridized carbons (Fsp3) is 0.600. The number of unbranched alkanes of at least 4 members (excludes halogenated alkanes) is 5. The van der Waals surface area contributed by atoms with Crippen molar-refractivity contribution in [1.29, 1.82) is 0 Å². The average Bonchev–Trinajstić information content (AvgIpc) is 2.59. The zero-order chi connectivity index (χ0) is 18.0. The molecule has 0 radical (unpaired) electrons. The van der Waals surface area contributed by atoms with Crippen LogP contribution in [0.5, 0.6) is 0 Å². The largest absolute Gasteiger partial charge is 0.469 e. The summed E-state index contributed by atoms with van der Waals surface area (Å²) in [5.74, 6) is 0.00128. The molecule has 0 aromatic carbocycles. The number of ketones is 1. The van der Waals surface area contributed by atoms with Gasteiger partial charge in [-0.2, -0.15) is 0 Å². The molecule has 0 aromatic heterocycles. The van der Waals surface area contributed by atoms with E-state index in [1.807, 2.05) is 6.92 Å². The van der Waals surface area contributed by atoms with E-state index in [1.165, 1.54) is 7.11 Å². The molecule has 0 spiro atoms.